The Balaban J connectivity index is 2.22. The van der Waals surface area contributed by atoms with Crippen molar-refractivity contribution in [2.24, 2.45) is 0 Å². The zero-order valence-corrected chi connectivity index (χ0v) is 16.2. The van der Waals surface area contributed by atoms with Crippen LogP contribution >= 0.6 is 31.9 Å². The molecule has 0 bridgehead atoms. The van der Waals surface area contributed by atoms with Gasteiger partial charge in [-0.1, -0.05) is 0 Å². The lowest BCUT2D eigenvalue weighted by Crippen LogP contribution is -2.40. The Morgan fingerprint density at radius 1 is 1.52 bits per heavy atom. The van der Waals surface area contributed by atoms with Crippen LogP contribution < -0.4 is 0 Å². The van der Waals surface area contributed by atoms with E-state index in [1.165, 1.54) is 4.90 Å². The van der Waals surface area contributed by atoms with E-state index in [0.717, 1.165) is 0 Å². The minimum atomic E-state index is -0.652. The van der Waals surface area contributed by atoms with Crippen LogP contribution in [0.25, 0.3) is 0 Å². The highest BCUT2D eigenvalue weighted by Gasteiger charge is 2.39. The molecule has 9 heteroatoms. The van der Waals surface area contributed by atoms with Crippen LogP contribution in [0.3, 0.4) is 0 Å². The molecule has 2 heterocycles. The van der Waals surface area contributed by atoms with E-state index < -0.39 is 24.4 Å². The van der Waals surface area contributed by atoms with Crippen LogP contribution in [0.1, 0.15) is 38.8 Å². The Kier molecular flexibility index (Phi) is 5.36. The Labute approximate surface area is 150 Å². The van der Waals surface area contributed by atoms with Crippen molar-refractivity contribution in [1.82, 2.24) is 14.7 Å². The van der Waals surface area contributed by atoms with Gasteiger partial charge in [0.1, 0.15) is 33.1 Å². The first kappa shape index (κ1) is 18.2. The first-order valence-corrected chi connectivity index (χ1v) is 8.65. The summed E-state index contributed by atoms with van der Waals surface area (Å²) >= 11 is 6.57. The number of carbonyl (C=O) groups excluding carboxylic acids is 1. The van der Waals surface area contributed by atoms with Gasteiger partial charge in [-0.15, -0.1) is 0 Å². The topological polar surface area (TPSA) is 71.2 Å². The van der Waals surface area contributed by atoms with Crippen molar-refractivity contribution in [3.63, 3.8) is 0 Å². The maximum atomic E-state index is 13.3. The number of nitriles is 1. The van der Waals surface area contributed by atoms with E-state index >= 15 is 0 Å². The predicted octanol–water partition coefficient (Wildman–Crippen LogP) is 3.80. The molecule has 1 aromatic rings. The van der Waals surface area contributed by atoms with Crippen LogP contribution in [0.15, 0.2) is 9.21 Å². The maximum absolute atomic E-state index is 13.3. The van der Waals surface area contributed by atoms with Crippen LogP contribution in [0.4, 0.5) is 9.18 Å². The van der Waals surface area contributed by atoms with Gasteiger partial charge in [-0.3, -0.25) is 4.68 Å². The summed E-state index contributed by atoms with van der Waals surface area (Å²) in [5.41, 5.74) is -0.267. The third-order valence-electron chi connectivity index (χ3n) is 3.47. The lowest BCUT2D eigenvalue weighted by atomic mass is 10.2. The first-order valence-electron chi connectivity index (χ1n) is 7.07. The Morgan fingerprint density at radius 3 is 2.65 bits per heavy atom. The normalized spacial score (nSPS) is 21.3. The number of likely N-dealkylation sites (tertiary alicyclic amines) is 1. The molecule has 0 N–H and O–H groups in total. The van der Waals surface area contributed by atoms with Crippen LogP contribution in [0.2, 0.25) is 0 Å². The number of nitrogens with zero attached hydrogens (tertiary/aromatic N) is 4. The molecule has 0 saturated carbocycles. The fourth-order valence-corrected chi connectivity index (χ4v) is 3.84. The van der Waals surface area contributed by atoms with Gasteiger partial charge in [0.25, 0.3) is 0 Å². The zero-order chi connectivity index (χ0) is 17.4. The summed E-state index contributed by atoms with van der Waals surface area (Å²) in [4.78, 5) is 13.6. The second-order valence-electron chi connectivity index (χ2n) is 6.34. The standard InChI is InChI=1S/C14H17Br2FN4O2/c1-14(2,3)23-13(22)20-7-9(4-8(20)5-17)21-12(16)10(6-18)11(15)19-21/h8-9H,4-5,7H2,1-3H3/t8-,9?/m0/s1. The quantitative estimate of drug-likeness (QED) is 0.685. The number of halogens is 3. The molecule has 0 aliphatic carbocycles. The van der Waals surface area contributed by atoms with Gasteiger partial charge >= 0.3 is 6.09 Å². The fourth-order valence-electron chi connectivity index (χ4n) is 2.48. The second-order valence-corrected chi connectivity index (χ2v) is 7.85. The van der Waals surface area contributed by atoms with E-state index in [1.54, 1.807) is 25.5 Å². The Bertz CT molecular complexity index is 650. The van der Waals surface area contributed by atoms with Gasteiger partial charge in [0.05, 0.1) is 12.1 Å². The number of alkyl halides is 1. The molecule has 126 valence electrons. The molecule has 23 heavy (non-hydrogen) atoms. The second kappa shape index (κ2) is 6.77. The van der Waals surface area contributed by atoms with E-state index in [-0.39, 0.29) is 12.6 Å². The molecular weight excluding hydrogens is 435 g/mol. The van der Waals surface area contributed by atoms with Crippen molar-refractivity contribution in [2.45, 2.75) is 44.9 Å². The number of rotatable bonds is 2. The van der Waals surface area contributed by atoms with Crippen LogP contribution in [-0.2, 0) is 4.74 Å². The van der Waals surface area contributed by atoms with Crippen molar-refractivity contribution in [3.8, 4) is 6.07 Å². The summed E-state index contributed by atoms with van der Waals surface area (Å²) in [7, 11) is 0. The Hall–Kier alpha value is -1.14. The van der Waals surface area contributed by atoms with E-state index in [2.05, 4.69) is 37.0 Å². The van der Waals surface area contributed by atoms with Crippen molar-refractivity contribution < 1.29 is 13.9 Å². The minimum Gasteiger partial charge on any atom is -0.444 e. The highest BCUT2D eigenvalue weighted by atomic mass is 79.9. The highest BCUT2D eigenvalue weighted by molar-refractivity contribution is 9.11. The van der Waals surface area contributed by atoms with Crippen molar-refractivity contribution in [1.29, 1.82) is 5.26 Å². The third-order valence-corrected chi connectivity index (χ3v) is 4.78. The summed E-state index contributed by atoms with van der Waals surface area (Å²) in [5, 5.41) is 13.4. The zero-order valence-electron chi connectivity index (χ0n) is 13.0. The highest BCUT2D eigenvalue weighted by Crippen LogP contribution is 2.34. The van der Waals surface area contributed by atoms with Crippen molar-refractivity contribution >= 4 is 38.0 Å². The summed E-state index contributed by atoms with van der Waals surface area (Å²) in [5.74, 6) is 0. The largest absolute Gasteiger partial charge is 0.444 e. The molecule has 1 aliphatic rings. The summed E-state index contributed by atoms with van der Waals surface area (Å²) in [6.07, 6.45) is -0.127. The molecule has 6 nitrogen and oxygen atoms in total. The number of aromatic nitrogens is 2. The predicted molar refractivity (Wildman–Crippen MR) is 88.7 cm³/mol. The Morgan fingerprint density at radius 2 is 2.17 bits per heavy atom. The summed E-state index contributed by atoms with van der Waals surface area (Å²) < 4.78 is 21.2. The van der Waals surface area contributed by atoms with E-state index in [1.807, 2.05) is 6.07 Å². The van der Waals surface area contributed by atoms with Gasteiger partial charge in [-0.2, -0.15) is 10.4 Å². The molecule has 0 spiro atoms. The van der Waals surface area contributed by atoms with Gasteiger partial charge in [0, 0.05) is 6.54 Å². The molecule has 2 atom stereocenters. The van der Waals surface area contributed by atoms with Crippen LogP contribution in [0.5, 0.6) is 0 Å². The fraction of sp³-hybridized carbons (Fsp3) is 0.643. The molecule has 1 saturated heterocycles. The van der Waals surface area contributed by atoms with E-state index in [0.29, 0.717) is 21.2 Å². The van der Waals surface area contributed by atoms with Crippen LogP contribution in [0, 0.1) is 11.3 Å². The van der Waals surface area contributed by atoms with Gasteiger partial charge in [0.2, 0.25) is 0 Å². The number of ether oxygens (including phenoxy) is 1. The summed E-state index contributed by atoms with van der Waals surface area (Å²) in [6.45, 7) is 4.93. The van der Waals surface area contributed by atoms with Gasteiger partial charge in [-0.05, 0) is 59.1 Å². The maximum Gasteiger partial charge on any atom is 0.410 e. The molecule has 1 aromatic heterocycles. The van der Waals surface area contributed by atoms with E-state index in [4.69, 9.17) is 10.00 Å². The van der Waals surface area contributed by atoms with Gasteiger partial charge < -0.3 is 9.64 Å². The van der Waals surface area contributed by atoms with Gasteiger partial charge in [-0.25, -0.2) is 9.18 Å². The molecule has 1 aliphatic heterocycles. The SMILES string of the molecule is CC(C)(C)OC(=O)N1CC(n2nc(Br)c(C#N)c2Br)C[C@H]1CF. The first-order chi connectivity index (χ1) is 10.7. The number of carbonyl (C=O) groups is 1. The average molecular weight is 452 g/mol. The lowest BCUT2D eigenvalue weighted by molar-refractivity contribution is 0.0203. The lowest BCUT2D eigenvalue weighted by Gasteiger charge is -2.27. The van der Waals surface area contributed by atoms with Crippen molar-refractivity contribution in [2.75, 3.05) is 13.2 Å². The number of hydrogen-bond acceptors (Lipinski definition) is 4. The van der Waals surface area contributed by atoms with Gasteiger partial charge in [0.15, 0.2) is 0 Å². The molecule has 0 radical (unpaired) electrons. The number of hydrogen-bond donors (Lipinski definition) is 0. The molecule has 0 aromatic carbocycles. The van der Waals surface area contributed by atoms with E-state index in [9.17, 15) is 9.18 Å². The minimum absolute atomic E-state index is 0.226. The molecular formula is C14H17Br2FN4O2. The molecule has 1 unspecified atom stereocenters. The third kappa shape index (κ3) is 3.86. The smallest absolute Gasteiger partial charge is 0.410 e. The number of amides is 1. The molecule has 1 fully saturated rings. The average Bonchev–Trinajstić information content (AvgIpc) is 2.98. The monoisotopic (exact) mass is 450 g/mol. The molecule has 1 amide bonds. The summed E-state index contributed by atoms with van der Waals surface area (Å²) in [6, 6.07) is 1.26. The van der Waals surface area contributed by atoms with Crippen molar-refractivity contribution in [3.05, 3.63) is 14.8 Å². The van der Waals surface area contributed by atoms with Crippen LogP contribution in [-0.4, -0.2) is 45.6 Å². The molecule has 2 rings (SSSR count).